The lowest BCUT2D eigenvalue weighted by molar-refractivity contribution is 0.0600. The zero-order valence-corrected chi connectivity index (χ0v) is 15.0. The van der Waals surface area contributed by atoms with Gasteiger partial charge in [0, 0.05) is 6.54 Å². The molecule has 0 aliphatic heterocycles. The number of amides is 1. The summed E-state index contributed by atoms with van der Waals surface area (Å²) in [5.41, 5.74) is 3.20. The number of aryl methyl sites for hydroxylation is 1. The van der Waals surface area contributed by atoms with E-state index in [2.05, 4.69) is 0 Å². The Hall–Kier alpha value is -2.33. The van der Waals surface area contributed by atoms with Crippen LogP contribution in [0, 0.1) is 0 Å². The minimum Gasteiger partial charge on any atom is -0.465 e. The van der Waals surface area contributed by atoms with Crippen molar-refractivity contribution in [1.29, 1.82) is 0 Å². The Balaban J connectivity index is 1.96. The first-order chi connectivity index (χ1) is 12.1. The quantitative estimate of drug-likeness (QED) is 0.767. The number of fused-ring (bicyclic) bond motifs is 1. The van der Waals surface area contributed by atoms with E-state index in [1.807, 2.05) is 36.1 Å². The predicted molar refractivity (Wildman–Crippen MR) is 97.0 cm³/mol. The number of nitrogens with zero attached hydrogens (tertiary/aromatic N) is 1. The lowest BCUT2D eigenvalue weighted by atomic mass is 10.0. The Labute approximate surface area is 152 Å². The Morgan fingerprint density at radius 3 is 2.68 bits per heavy atom. The predicted octanol–water partition coefficient (Wildman–Crippen LogP) is 4.28. The van der Waals surface area contributed by atoms with Crippen LogP contribution in [0.4, 0.5) is 0 Å². The number of ether oxygens (including phenoxy) is 1. The highest BCUT2D eigenvalue weighted by atomic mass is 35.5. The van der Waals surface area contributed by atoms with Crippen LogP contribution in [0.5, 0.6) is 0 Å². The minimum absolute atomic E-state index is 0.0617. The Bertz CT molecular complexity index is 818. The smallest absolute Gasteiger partial charge is 0.337 e. The maximum atomic E-state index is 13.0. The fourth-order valence-electron chi connectivity index (χ4n) is 3.44. The van der Waals surface area contributed by atoms with Gasteiger partial charge in [-0.15, -0.1) is 0 Å². The number of methoxy groups -OCH3 is 1. The normalized spacial score (nSPS) is 15.6. The van der Waals surface area contributed by atoms with Gasteiger partial charge in [0.15, 0.2) is 0 Å². The zero-order chi connectivity index (χ0) is 18.0. The maximum absolute atomic E-state index is 13.0. The molecule has 1 amide bonds. The van der Waals surface area contributed by atoms with Crippen LogP contribution >= 0.6 is 11.6 Å². The average molecular weight is 358 g/mol. The van der Waals surface area contributed by atoms with Crippen molar-refractivity contribution in [3.63, 3.8) is 0 Å². The molecule has 0 aromatic heterocycles. The Morgan fingerprint density at radius 1 is 1.24 bits per heavy atom. The molecule has 0 N–H and O–H groups in total. The molecule has 0 bridgehead atoms. The van der Waals surface area contributed by atoms with E-state index in [1.54, 1.807) is 18.2 Å². The average Bonchev–Trinajstić information content (AvgIpc) is 3.05. The van der Waals surface area contributed by atoms with Crippen LogP contribution in [0.2, 0.25) is 5.02 Å². The second-order valence-corrected chi connectivity index (χ2v) is 6.44. The summed E-state index contributed by atoms with van der Waals surface area (Å²) < 4.78 is 4.81. The van der Waals surface area contributed by atoms with Gasteiger partial charge < -0.3 is 9.64 Å². The van der Waals surface area contributed by atoms with Crippen LogP contribution in [-0.2, 0) is 11.2 Å². The number of esters is 1. The first kappa shape index (κ1) is 17.5. The Morgan fingerprint density at radius 2 is 2.00 bits per heavy atom. The van der Waals surface area contributed by atoms with Crippen LogP contribution in [0.15, 0.2) is 42.5 Å². The van der Waals surface area contributed by atoms with Crippen molar-refractivity contribution in [3.05, 3.63) is 69.7 Å². The van der Waals surface area contributed by atoms with E-state index >= 15 is 0 Å². The summed E-state index contributed by atoms with van der Waals surface area (Å²) in [5.74, 6) is -0.455. The molecule has 0 unspecified atom stereocenters. The summed E-state index contributed by atoms with van der Waals surface area (Å²) in [7, 11) is 1.37. The van der Waals surface area contributed by atoms with Gasteiger partial charge in [0.25, 0.3) is 5.91 Å². The number of hydrogen-bond donors (Lipinski definition) is 0. The van der Waals surface area contributed by atoms with Gasteiger partial charge in [-0.05, 0) is 55.2 Å². The first-order valence-electron chi connectivity index (χ1n) is 8.33. The van der Waals surface area contributed by atoms with Gasteiger partial charge in [-0.25, -0.2) is 4.79 Å². The lowest BCUT2D eigenvalue weighted by Crippen LogP contribution is -2.34. The molecule has 1 atom stereocenters. The first-order valence-corrected chi connectivity index (χ1v) is 8.71. The van der Waals surface area contributed by atoms with Crippen LogP contribution in [-0.4, -0.2) is 30.4 Å². The van der Waals surface area contributed by atoms with Crippen molar-refractivity contribution < 1.29 is 14.3 Å². The summed E-state index contributed by atoms with van der Waals surface area (Å²) in [4.78, 5) is 26.7. The highest BCUT2D eigenvalue weighted by Gasteiger charge is 2.32. The standard InChI is InChI=1S/C20H20ClNO3/c1-3-22(19(23)15-6-4-5-7-17(15)21)18-11-10-13-8-9-14(12-16(13)18)20(24)25-2/h4-9,12,18H,3,10-11H2,1-2H3/t18-/m1/s1. The largest absolute Gasteiger partial charge is 0.465 e. The molecular formula is C20H20ClNO3. The van der Waals surface area contributed by atoms with Gasteiger partial charge >= 0.3 is 5.97 Å². The molecule has 25 heavy (non-hydrogen) atoms. The number of carbonyl (C=O) groups excluding carboxylic acids is 2. The second kappa shape index (κ2) is 7.28. The van der Waals surface area contributed by atoms with Gasteiger partial charge in [-0.2, -0.15) is 0 Å². The van der Waals surface area contributed by atoms with Crippen molar-refractivity contribution in [3.8, 4) is 0 Å². The molecule has 1 aliphatic rings. The number of rotatable bonds is 4. The molecule has 5 heteroatoms. The third-order valence-electron chi connectivity index (χ3n) is 4.70. The number of halogens is 1. The van der Waals surface area contributed by atoms with E-state index in [0.29, 0.717) is 22.7 Å². The maximum Gasteiger partial charge on any atom is 0.337 e. The van der Waals surface area contributed by atoms with Crippen molar-refractivity contribution in [2.75, 3.05) is 13.7 Å². The van der Waals surface area contributed by atoms with Crippen molar-refractivity contribution >= 4 is 23.5 Å². The van der Waals surface area contributed by atoms with E-state index in [1.165, 1.54) is 12.7 Å². The summed E-state index contributed by atoms with van der Waals surface area (Å²) in [6.45, 7) is 2.52. The third-order valence-corrected chi connectivity index (χ3v) is 5.02. The fourth-order valence-corrected chi connectivity index (χ4v) is 3.66. The molecule has 2 aromatic rings. The molecule has 3 rings (SSSR count). The van der Waals surface area contributed by atoms with E-state index in [9.17, 15) is 9.59 Å². The lowest BCUT2D eigenvalue weighted by Gasteiger charge is -2.29. The topological polar surface area (TPSA) is 46.6 Å². The molecule has 0 radical (unpaired) electrons. The second-order valence-electron chi connectivity index (χ2n) is 6.03. The van der Waals surface area contributed by atoms with Gasteiger partial charge in [-0.3, -0.25) is 4.79 Å². The molecule has 4 nitrogen and oxygen atoms in total. The molecular weight excluding hydrogens is 338 g/mol. The molecule has 0 heterocycles. The van der Waals surface area contributed by atoms with Gasteiger partial charge in [0.1, 0.15) is 0 Å². The van der Waals surface area contributed by atoms with E-state index in [0.717, 1.165) is 18.4 Å². The monoisotopic (exact) mass is 357 g/mol. The van der Waals surface area contributed by atoms with Crippen molar-refractivity contribution in [2.24, 2.45) is 0 Å². The van der Waals surface area contributed by atoms with Crippen molar-refractivity contribution in [2.45, 2.75) is 25.8 Å². The van der Waals surface area contributed by atoms with E-state index in [-0.39, 0.29) is 17.9 Å². The molecule has 0 fully saturated rings. The summed E-state index contributed by atoms with van der Waals surface area (Å²) in [6, 6.07) is 12.6. The van der Waals surface area contributed by atoms with Crippen LogP contribution in [0.3, 0.4) is 0 Å². The fraction of sp³-hybridized carbons (Fsp3) is 0.300. The third kappa shape index (κ3) is 3.27. The highest BCUT2D eigenvalue weighted by molar-refractivity contribution is 6.33. The summed E-state index contributed by atoms with van der Waals surface area (Å²) >= 11 is 6.20. The Kier molecular flexibility index (Phi) is 5.09. The molecule has 1 aliphatic carbocycles. The summed E-state index contributed by atoms with van der Waals surface area (Å²) in [6.07, 6.45) is 1.72. The summed E-state index contributed by atoms with van der Waals surface area (Å²) in [5, 5.41) is 0.451. The van der Waals surface area contributed by atoms with E-state index in [4.69, 9.17) is 16.3 Å². The zero-order valence-electron chi connectivity index (χ0n) is 14.3. The van der Waals surface area contributed by atoms with Crippen LogP contribution < -0.4 is 0 Å². The number of carbonyl (C=O) groups is 2. The van der Waals surface area contributed by atoms with Gasteiger partial charge in [0.2, 0.25) is 0 Å². The van der Waals surface area contributed by atoms with E-state index < -0.39 is 0 Å². The van der Waals surface area contributed by atoms with Crippen LogP contribution in [0.25, 0.3) is 0 Å². The molecule has 130 valence electrons. The molecule has 2 aromatic carbocycles. The molecule has 0 saturated heterocycles. The van der Waals surface area contributed by atoms with Crippen molar-refractivity contribution in [1.82, 2.24) is 4.90 Å². The van der Waals surface area contributed by atoms with Gasteiger partial charge in [0.05, 0.1) is 29.3 Å². The van der Waals surface area contributed by atoms with Crippen LogP contribution in [0.1, 0.15) is 51.2 Å². The number of benzene rings is 2. The number of hydrogen-bond acceptors (Lipinski definition) is 3. The molecule has 0 saturated carbocycles. The van der Waals surface area contributed by atoms with Gasteiger partial charge in [-0.1, -0.05) is 29.8 Å². The highest BCUT2D eigenvalue weighted by Crippen LogP contribution is 2.37. The SMILES string of the molecule is CCN(C(=O)c1ccccc1Cl)[C@@H]1CCc2ccc(C(=O)OC)cc21. The minimum atomic E-state index is -0.367. The molecule has 0 spiro atoms.